The van der Waals surface area contributed by atoms with Gasteiger partial charge in [-0.1, -0.05) is 19.1 Å². The van der Waals surface area contributed by atoms with Crippen LogP contribution in [0.2, 0.25) is 0 Å². The zero-order valence-electron chi connectivity index (χ0n) is 11.0. The maximum Gasteiger partial charge on any atom is 0.244 e. The number of benzene rings is 1. The number of hydrogen-bond acceptors (Lipinski definition) is 3. The molecular weight excluding hydrogens is 244 g/mol. The molecule has 1 unspecified atom stereocenters. The molecule has 2 rings (SSSR count). The van der Waals surface area contributed by atoms with Gasteiger partial charge < -0.3 is 10.2 Å². The van der Waals surface area contributed by atoms with Crippen molar-refractivity contribution >= 4 is 23.4 Å². The number of hydrogen-bond donors (Lipinski definition) is 1. The van der Waals surface area contributed by atoms with Gasteiger partial charge in [-0.15, -0.1) is 11.8 Å². The summed E-state index contributed by atoms with van der Waals surface area (Å²) in [5.41, 5.74) is 1.05. The standard InChI is InChI=1S/C14H20N2OS/c1-3-15-11-7-6-10-16(14(11)17)12-8-4-5-9-13(12)18-2/h4-5,8-9,11,15H,3,6-7,10H2,1-2H3. The summed E-state index contributed by atoms with van der Waals surface area (Å²) in [7, 11) is 0. The van der Waals surface area contributed by atoms with Crippen molar-refractivity contribution in [2.24, 2.45) is 0 Å². The Morgan fingerprint density at radius 2 is 2.22 bits per heavy atom. The lowest BCUT2D eigenvalue weighted by Crippen LogP contribution is -2.51. The number of likely N-dealkylation sites (N-methyl/N-ethyl adjacent to an activating group) is 1. The number of piperidine rings is 1. The molecule has 1 aliphatic heterocycles. The highest BCUT2D eigenvalue weighted by molar-refractivity contribution is 7.98. The lowest BCUT2D eigenvalue weighted by molar-refractivity contribution is -0.121. The molecule has 0 spiro atoms. The third kappa shape index (κ3) is 2.70. The van der Waals surface area contributed by atoms with Gasteiger partial charge in [-0.3, -0.25) is 4.79 Å². The number of carbonyl (C=O) groups excluding carboxylic acids is 1. The van der Waals surface area contributed by atoms with E-state index in [1.807, 2.05) is 30.0 Å². The van der Waals surface area contributed by atoms with Gasteiger partial charge in [0.2, 0.25) is 5.91 Å². The lowest BCUT2D eigenvalue weighted by Gasteiger charge is -2.33. The maximum absolute atomic E-state index is 12.4. The molecule has 1 heterocycles. The number of rotatable bonds is 4. The highest BCUT2D eigenvalue weighted by atomic mass is 32.2. The minimum atomic E-state index is -0.0151. The zero-order valence-corrected chi connectivity index (χ0v) is 11.8. The van der Waals surface area contributed by atoms with Crippen molar-refractivity contribution in [3.63, 3.8) is 0 Å². The van der Waals surface area contributed by atoms with Crippen LogP contribution in [0, 0.1) is 0 Å². The van der Waals surface area contributed by atoms with E-state index in [9.17, 15) is 4.79 Å². The van der Waals surface area contributed by atoms with Crippen LogP contribution >= 0.6 is 11.8 Å². The molecule has 1 amide bonds. The Labute approximate surface area is 113 Å². The lowest BCUT2D eigenvalue weighted by atomic mass is 10.0. The fraction of sp³-hybridized carbons (Fsp3) is 0.500. The molecule has 18 heavy (non-hydrogen) atoms. The zero-order chi connectivity index (χ0) is 13.0. The first-order chi connectivity index (χ1) is 8.77. The average molecular weight is 264 g/mol. The monoisotopic (exact) mass is 264 g/mol. The SMILES string of the molecule is CCNC1CCCN(c2ccccc2SC)C1=O. The maximum atomic E-state index is 12.4. The van der Waals surface area contributed by atoms with Crippen LogP contribution in [0.25, 0.3) is 0 Å². The van der Waals surface area contributed by atoms with Gasteiger partial charge in [-0.05, 0) is 37.8 Å². The first-order valence-corrected chi connectivity index (χ1v) is 7.68. The number of para-hydroxylation sites is 1. The molecule has 1 N–H and O–H groups in total. The summed E-state index contributed by atoms with van der Waals surface area (Å²) < 4.78 is 0. The van der Waals surface area contributed by atoms with E-state index in [4.69, 9.17) is 0 Å². The first-order valence-electron chi connectivity index (χ1n) is 6.45. The quantitative estimate of drug-likeness (QED) is 0.848. The molecule has 0 bridgehead atoms. The summed E-state index contributed by atoms with van der Waals surface area (Å²) in [6, 6.07) is 8.12. The van der Waals surface area contributed by atoms with Crippen molar-refractivity contribution in [2.75, 3.05) is 24.2 Å². The minimum Gasteiger partial charge on any atom is -0.310 e. The summed E-state index contributed by atoms with van der Waals surface area (Å²) in [4.78, 5) is 15.5. The molecule has 0 aliphatic carbocycles. The molecule has 1 fully saturated rings. The van der Waals surface area contributed by atoms with Gasteiger partial charge in [0.15, 0.2) is 0 Å². The van der Waals surface area contributed by atoms with Crippen LogP contribution in [0.4, 0.5) is 5.69 Å². The van der Waals surface area contributed by atoms with Crippen LogP contribution in [0.3, 0.4) is 0 Å². The smallest absolute Gasteiger partial charge is 0.244 e. The predicted octanol–water partition coefficient (Wildman–Crippen LogP) is 2.51. The Morgan fingerprint density at radius 3 is 2.94 bits per heavy atom. The third-order valence-electron chi connectivity index (χ3n) is 3.27. The van der Waals surface area contributed by atoms with Crippen molar-refractivity contribution in [2.45, 2.75) is 30.7 Å². The Balaban J connectivity index is 2.23. The molecule has 1 aliphatic rings. The number of nitrogens with zero attached hydrogens (tertiary/aromatic N) is 1. The fourth-order valence-electron chi connectivity index (χ4n) is 2.40. The van der Waals surface area contributed by atoms with Crippen molar-refractivity contribution < 1.29 is 4.79 Å². The van der Waals surface area contributed by atoms with E-state index in [0.29, 0.717) is 0 Å². The van der Waals surface area contributed by atoms with E-state index in [-0.39, 0.29) is 11.9 Å². The Kier molecular flexibility index (Phi) is 4.66. The molecule has 0 aromatic heterocycles. The normalized spacial score (nSPS) is 20.2. The van der Waals surface area contributed by atoms with E-state index in [1.165, 1.54) is 4.90 Å². The molecule has 4 heteroatoms. The predicted molar refractivity (Wildman–Crippen MR) is 77.3 cm³/mol. The first kappa shape index (κ1) is 13.4. The summed E-state index contributed by atoms with van der Waals surface area (Å²) in [5, 5.41) is 3.27. The highest BCUT2D eigenvalue weighted by Crippen LogP contribution is 2.30. The van der Waals surface area contributed by atoms with E-state index in [2.05, 4.69) is 17.6 Å². The van der Waals surface area contributed by atoms with Crippen LogP contribution < -0.4 is 10.2 Å². The summed E-state index contributed by atoms with van der Waals surface area (Å²) in [6.45, 7) is 3.72. The average Bonchev–Trinajstić information content (AvgIpc) is 2.41. The number of thioether (sulfide) groups is 1. The van der Waals surface area contributed by atoms with E-state index in [1.54, 1.807) is 11.8 Å². The van der Waals surface area contributed by atoms with Crippen molar-refractivity contribution in [3.05, 3.63) is 24.3 Å². The Bertz CT molecular complexity index is 420. The number of nitrogens with one attached hydrogen (secondary N) is 1. The molecule has 98 valence electrons. The molecule has 1 atom stereocenters. The van der Waals surface area contributed by atoms with Gasteiger partial charge in [0.25, 0.3) is 0 Å². The van der Waals surface area contributed by atoms with E-state index in [0.717, 1.165) is 31.6 Å². The van der Waals surface area contributed by atoms with E-state index >= 15 is 0 Å². The van der Waals surface area contributed by atoms with Crippen LogP contribution in [0.5, 0.6) is 0 Å². The molecule has 3 nitrogen and oxygen atoms in total. The number of carbonyl (C=O) groups is 1. The largest absolute Gasteiger partial charge is 0.310 e. The molecule has 1 aromatic rings. The van der Waals surface area contributed by atoms with Crippen molar-refractivity contribution in [1.29, 1.82) is 0 Å². The molecule has 0 saturated carbocycles. The minimum absolute atomic E-state index is 0.0151. The second-order valence-electron chi connectivity index (χ2n) is 4.41. The van der Waals surface area contributed by atoms with E-state index < -0.39 is 0 Å². The summed E-state index contributed by atoms with van der Waals surface area (Å²) in [6.07, 6.45) is 4.06. The van der Waals surface area contributed by atoms with Gasteiger partial charge in [-0.2, -0.15) is 0 Å². The van der Waals surface area contributed by atoms with Crippen LogP contribution in [0.1, 0.15) is 19.8 Å². The molecule has 0 radical (unpaired) electrons. The summed E-state index contributed by atoms with van der Waals surface area (Å²) in [5.74, 6) is 0.213. The Hall–Kier alpha value is -1.00. The van der Waals surface area contributed by atoms with Gasteiger partial charge in [-0.25, -0.2) is 0 Å². The van der Waals surface area contributed by atoms with Crippen molar-refractivity contribution in [1.82, 2.24) is 5.32 Å². The number of amides is 1. The second-order valence-corrected chi connectivity index (χ2v) is 5.26. The van der Waals surface area contributed by atoms with Crippen LogP contribution in [-0.4, -0.2) is 31.3 Å². The Morgan fingerprint density at radius 1 is 1.44 bits per heavy atom. The van der Waals surface area contributed by atoms with Gasteiger partial charge >= 0.3 is 0 Å². The fourth-order valence-corrected chi connectivity index (χ4v) is 3.01. The van der Waals surface area contributed by atoms with Crippen LogP contribution in [-0.2, 0) is 4.79 Å². The third-order valence-corrected chi connectivity index (χ3v) is 4.05. The second kappa shape index (κ2) is 6.25. The molecule has 1 saturated heterocycles. The number of anilines is 1. The topological polar surface area (TPSA) is 32.3 Å². The highest BCUT2D eigenvalue weighted by Gasteiger charge is 2.29. The van der Waals surface area contributed by atoms with Gasteiger partial charge in [0, 0.05) is 11.4 Å². The molecular formula is C14H20N2OS. The summed E-state index contributed by atoms with van der Waals surface area (Å²) >= 11 is 1.69. The van der Waals surface area contributed by atoms with Gasteiger partial charge in [0.05, 0.1) is 11.7 Å². The van der Waals surface area contributed by atoms with Crippen molar-refractivity contribution in [3.8, 4) is 0 Å². The van der Waals surface area contributed by atoms with Gasteiger partial charge in [0.1, 0.15) is 0 Å². The van der Waals surface area contributed by atoms with Crippen LogP contribution in [0.15, 0.2) is 29.2 Å². The molecule has 1 aromatic carbocycles.